The zero-order chi connectivity index (χ0) is 20.1. The van der Waals surface area contributed by atoms with Gasteiger partial charge >= 0.3 is 0 Å². The Balaban J connectivity index is 1.76. The smallest absolute Gasteiger partial charge is 0.269 e. The van der Waals surface area contributed by atoms with Crippen LogP contribution in [0.25, 0.3) is 11.0 Å². The third kappa shape index (κ3) is 4.20. The highest BCUT2D eigenvalue weighted by atomic mass is 16.5. The average molecular weight is 380 g/mol. The molecule has 0 bridgehead atoms. The number of aromatic nitrogens is 2. The zero-order valence-corrected chi connectivity index (χ0v) is 16.3. The standard InChI is InChI=1S/C21H24N4O3/c1-24(2)18(15-8-4-7-11-19(15)28-3)12-23-20(26)14-25-17-10-6-5-9-16(17)22-13-21(25)27/h4-11,13,18H,12,14H2,1-3H3,(H,23,26). The molecule has 0 aliphatic heterocycles. The summed E-state index contributed by atoms with van der Waals surface area (Å²) in [4.78, 5) is 30.9. The van der Waals surface area contributed by atoms with Gasteiger partial charge in [-0.3, -0.25) is 14.2 Å². The first kappa shape index (κ1) is 19.6. The van der Waals surface area contributed by atoms with Crippen molar-refractivity contribution in [2.24, 2.45) is 0 Å². The van der Waals surface area contributed by atoms with Gasteiger partial charge in [-0.2, -0.15) is 0 Å². The molecule has 1 N–H and O–H groups in total. The van der Waals surface area contributed by atoms with E-state index >= 15 is 0 Å². The van der Waals surface area contributed by atoms with Crippen molar-refractivity contribution in [1.82, 2.24) is 19.8 Å². The van der Waals surface area contributed by atoms with E-state index in [1.165, 1.54) is 10.8 Å². The van der Waals surface area contributed by atoms with Crippen LogP contribution < -0.4 is 15.6 Å². The third-order valence-corrected chi connectivity index (χ3v) is 4.67. The van der Waals surface area contributed by atoms with Crippen molar-refractivity contribution in [3.8, 4) is 5.75 Å². The van der Waals surface area contributed by atoms with Crippen molar-refractivity contribution < 1.29 is 9.53 Å². The van der Waals surface area contributed by atoms with E-state index in [-0.39, 0.29) is 24.1 Å². The number of methoxy groups -OCH3 is 1. The van der Waals surface area contributed by atoms with E-state index < -0.39 is 0 Å². The Morgan fingerprint density at radius 3 is 2.64 bits per heavy atom. The molecule has 7 heteroatoms. The summed E-state index contributed by atoms with van der Waals surface area (Å²) in [6.45, 7) is 0.331. The molecule has 2 aromatic carbocycles. The van der Waals surface area contributed by atoms with Crippen LogP contribution in [0.1, 0.15) is 11.6 Å². The SMILES string of the molecule is COc1ccccc1C(CNC(=O)Cn1c(=O)cnc2ccccc21)N(C)C. The number of fused-ring (bicyclic) bond motifs is 1. The molecule has 0 aliphatic carbocycles. The lowest BCUT2D eigenvalue weighted by molar-refractivity contribution is -0.121. The van der Waals surface area contributed by atoms with Gasteiger partial charge in [0, 0.05) is 12.1 Å². The fourth-order valence-corrected chi connectivity index (χ4v) is 3.20. The Labute approximate surface area is 163 Å². The fraction of sp³-hybridized carbons (Fsp3) is 0.286. The lowest BCUT2D eigenvalue weighted by Crippen LogP contribution is -2.38. The van der Waals surface area contributed by atoms with E-state index in [0.717, 1.165) is 11.3 Å². The molecule has 0 fully saturated rings. The summed E-state index contributed by atoms with van der Waals surface area (Å²) in [6.07, 6.45) is 1.24. The van der Waals surface area contributed by atoms with Gasteiger partial charge in [0.05, 0.1) is 30.4 Å². The number of carbonyl (C=O) groups excluding carboxylic acids is 1. The number of amides is 1. The van der Waals surface area contributed by atoms with Crippen LogP contribution in [-0.2, 0) is 11.3 Å². The minimum Gasteiger partial charge on any atom is -0.496 e. The first-order valence-corrected chi connectivity index (χ1v) is 9.02. The Kier molecular flexibility index (Phi) is 6.06. The lowest BCUT2D eigenvalue weighted by Gasteiger charge is -2.26. The maximum Gasteiger partial charge on any atom is 0.269 e. The number of para-hydroxylation sites is 3. The van der Waals surface area contributed by atoms with Crippen molar-refractivity contribution in [2.75, 3.05) is 27.7 Å². The first-order chi connectivity index (χ1) is 13.5. The third-order valence-electron chi connectivity index (χ3n) is 4.67. The summed E-state index contributed by atoms with van der Waals surface area (Å²) in [5.41, 5.74) is 2.00. The molecular formula is C21H24N4O3. The Morgan fingerprint density at radius 2 is 1.89 bits per heavy atom. The quantitative estimate of drug-likeness (QED) is 0.677. The van der Waals surface area contributed by atoms with Gasteiger partial charge in [0.25, 0.3) is 5.56 Å². The van der Waals surface area contributed by atoms with E-state index in [0.29, 0.717) is 17.6 Å². The average Bonchev–Trinajstić information content (AvgIpc) is 2.70. The number of likely N-dealkylation sites (N-methyl/N-ethyl adjacent to an activating group) is 1. The first-order valence-electron chi connectivity index (χ1n) is 9.02. The van der Waals surface area contributed by atoms with E-state index in [2.05, 4.69) is 10.3 Å². The van der Waals surface area contributed by atoms with Gasteiger partial charge in [-0.15, -0.1) is 0 Å². The highest BCUT2D eigenvalue weighted by molar-refractivity contribution is 5.80. The summed E-state index contributed by atoms with van der Waals surface area (Å²) in [5, 5.41) is 2.94. The maximum atomic E-state index is 12.6. The molecule has 1 atom stereocenters. The topological polar surface area (TPSA) is 76.5 Å². The molecule has 1 aromatic heterocycles. The second-order valence-electron chi connectivity index (χ2n) is 6.70. The number of nitrogens with one attached hydrogen (secondary N) is 1. The molecule has 0 saturated carbocycles. The maximum absolute atomic E-state index is 12.6. The number of ether oxygens (including phenoxy) is 1. The molecule has 146 valence electrons. The van der Waals surface area contributed by atoms with Crippen LogP contribution in [-0.4, -0.2) is 48.1 Å². The summed E-state index contributed by atoms with van der Waals surface area (Å²) in [5.74, 6) is 0.534. The molecule has 7 nitrogen and oxygen atoms in total. The zero-order valence-electron chi connectivity index (χ0n) is 16.3. The molecule has 0 saturated heterocycles. The van der Waals surface area contributed by atoms with Crippen LogP contribution in [0.5, 0.6) is 5.75 Å². The van der Waals surface area contributed by atoms with Crippen LogP contribution in [0, 0.1) is 0 Å². The summed E-state index contributed by atoms with van der Waals surface area (Å²) >= 11 is 0. The van der Waals surface area contributed by atoms with Crippen molar-refractivity contribution in [3.05, 3.63) is 70.6 Å². The van der Waals surface area contributed by atoms with Crippen molar-refractivity contribution in [1.29, 1.82) is 0 Å². The summed E-state index contributed by atoms with van der Waals surface area (Å²) in [6, 6.07) is 14.9. The van der Waals surface area contributed by atoms with Crippen molar-refractivity contribution in [3.63, 3.8) is 0 Å². The molecule has 0 radical (unpaired) electrons. The highest BCUT2D eigenvalue weighted by Crippen LogP contribution is 2.27. The molecule has 3 rings (SSSR count). The van der Waals surface area contributed by atoms with E-state index in [4.69, 9.17) is 4.74 Å². The molecule has 0 aliphatic rings. The normalized spacial score (nSPS) is 12.1. The van der Waals surface area contributed by atoms with E-state index in [9.17, 15) is 9.59 Å². The molecule has 0 spiro atoms. The van der Waals surface area contributed by atoms with Crippen LogP contribution in [0.2, 0.25) is 0 Å². The van der Waals surface area contributed by atoms with E-state index in [1.54, 1.807) is 13.2 Å². The minimum atomic E-state index is -0.303. The predicted molar refractivity (Wildman–Crippen MR) is 108 cm³/mol. The number of hydrogen-bond acceptors (Lipinski definition) is 5. The number of hydrogen-bond donors (Lipinski definition) is 1. The Morgan fingerprint density at radius 1 is 1.18 bits per heavy atom. The predicted octanol–water partition coefficient (Wildman–Crippen LogP) is 1.82. The van der Waals surface area contributed by atoms with Gasteiger partial charge in [-0.25, -0.2) is 4.98 Å². The van der Waals surface area contributed by atoms with Crippen molar-refractivity contribution >= 4 is 16.9 Å². The Bertz CT molecular complexity index is 1030. The summed E-state index contributed by atoms with van der Waals surface area (Å²) < 4.78 is 6.89. The highest BCUT2D eigenvalue weighted by Gasteiger charge is 2.19. The molecular weight excluding hydrogens is 356 g/mol. The molecule has 1 amide bonds. The number of benzene rings is 2. The molecule has 3 aromatic rings. The lowest BCUT2D eigenvalue weighted by atomic mass is 10.0. The fourth-order valence-electron chi connectivity index (χ4n) is 3.20. The number of rotatable bonds is 7. The van der Waals surface area contributed by atoms with Crippen LogP contribution in [0.4, 0.5) is 0 Å². The molecule has 1 heterocycles. The van der Waals surface area contributed by atoms with Gasteiger partial charge in [0.1, 0.15) is 12.3 Å². The minimum absolute atomic E-state index is 0.0616. The van der Waals surface area contributed by atoms with Gasteiger partial charge in [-0.05, 0) is 32.3 Å². The van der Waals surface area contributed by atoms with Crippen LogP contribution in [0.15, 0.2) is 59.5 Å². The van der Waals surface area contributed by atoms with Gasteiger partial charge in [0.2, 0.25) is 5.91 Å². The summed E-state index contributed by atoms with van der Waals surface area (Å²) in [7, 11) is 5.53. The largest absolute Gasteiger partial charge is 0.496 e. The second-order valence-corrected chi connectivity index (χ2v) is 6.70. The van der Waals surface area contributed by atoms with Crippen molar-refractivity contribution in [2.45, 2.75) is 12.6 Å². The molecule has 1 unspecified atom stereocenters. The Hall–Kier alpha value is -3.19. The van der Waals surface area contributed by atoms with Gasteiger partial charge in [0.15, 0.2) is 0 Å². The van der Waals surface area contributed by atoms with Crippen LogP contribution >= 0.6 is 0 Å². The van der Waals surface area contributed by atoms with Gasteiger partial charge in [-0.1, -0.05) is 30.3 Å². The number of nitrogens with zero attached hydrogens (tertiary/aromatic N) is 3. The second kappa shape index (κ2) is 8.67. The van der Waals surface area contributed by atoms with E-state index in [1.807, 2.05) is 61.5 Å². The molecule has 28 heavy (non-hydrogen) atoms. The monoisotopic (exact) mass is 380 g/mol. The number of carbonyl (C=O) groups is 1. The van der Waals surface area contributed by atoms with Crippen LogP contribution in [0.3, 0.4) is 0 Å². The van der Waals surface area contributed by atoms with Gasteiger partial charge < -0.3 is 15.0 Å².